The number of hydrogen-bond donors (Lipinski definition) is 2. The summed E-state index contributed by atoms with van der Waals surface area (Å²) in [4.78, 5) is 33.2. The number of aliphatic imine (C=N–C) groups is 1. The van der Waals surface area contributed by atoms with Crippen molar-refractivity contribution in [1.82, 2.24) is 15.1 Å². The number of rotatable bonds is 9. The summed E-state index contributed by atoms with van der Waals surface area (Å²) in [5.41, 5.74) is 1.63. The summed E-state index contributed by atoms with van der Waals surface area (Å²) in [5, 5.41) is 12.4. The van der Waals surface area contributed by atoms with E-state index in [1.54, 1.807) is 0 Å². The van der Waals surface area contributed by atoms with Crippen LogP contribution in [0.25, 0.3) is 0 Å². The monoisotopic (exact) mass is 442 g/mol. The summed E-state index contributed by atoms with van der Waals surface area (Å²) in [5.74, 6) is 1.53. The average molecular weight is 443 g/mol. The highest BCUT2D eigenvalue weighted by molar-refractivity contribution is 6.05. The van der Waals surface area contributed by atoms with Crippen molar-refractivity contribution in [3.05, 3.63) is 23.8 Å². The first-order valence-corrected chi connectivity index (χ1v) is 11.9. The van der Waals surface area contributed by atoms with Gasteiger partial charge in [0, 0.05) is 18.2 Å². The molecule has 4 rings (SSSR count). The summed E-state index contributed by atoms with van der Waals surface area (Å²) in [6.07, 6.45) is 7.96. The molecule has 8 nitrogen and oxygen atoms in total. The van der Waals surface area contributed by atoms with Crippen LogP contribution in [0.2, 0.25) is 0 Å². The van der Waals surface area contributed by atoms with E-state index in [0.717, 1.165) is 36.9 Å². The fourth-order valence-electron chi connectivity index (χ4n) is 5.25. The van der Waals surface area contributed by atoms with Crippen LogP contribution in [0, 0.1) is 5.92 Å². The van der Waals surface area contributed by atoms with E-state index in [2.05, 4.69) is 17.2 Å². The summed E-state index contributed by atoms with van der Waals surface area (Å²) in [6, 6.07) is 5.74. The standard InChI is InChI=1S/C24H34N4O4/c1-2-7-20(17-8-4-3-5-9-17)28(12-13-29)23(31)16-32-21-11-6-10-19-18(21)14-27-15-22(30)26-24(27)25-19/h6,10-11,17,20,29H,2-5,7-9,12-16H2,1H3,(H,25,26,30). The molecule has 2 aliphatic heterocycles. The van der Waals surface area contributed by atoms with Gasteiger partial charge in [0.2, 0.25) is 11.9 Å². The van der Waals surface area contributed by atoms with E-state index >= 15 is 0 Å². The lowest BCUT2D eigenvalue weighted by atomic mass is 9.81. The molecular formula is C24H34N4O4. The zero-order chi connectivity index (χ0) is 22.5. The largest absolute Gasteiger partial charge is 0.483 e. The number of hydrogen-bond acceptors (Lipinski definition) is 6. The number of nitrogens with zero attached hydrogens (tertiary/aromatic N) is 3. The Labute approximate surface area is 189 Å². The molecule has 174 valence electrons. The van der Waals surface area contributed by atoms with Gasteiger partial charge < -0.3 is 19.6 Å². The Morgan fingerprint density at radius 1 is 1.31 bits per heavy atom. The van der Waals surface area contributed by atoms with Gasteiger partial charge in [-0.1, -0.05) is 38.7 Å². The van der Waals surface area contributed by atoms with E-state index in [-0.39, 0.29) is 37.6 Å². The molecule has 1 unspecified atom stereocenters. The number of aliphatic hydroxyl groups excluding tert-OH is 1. The Balaban J connectivity index is 1.46. The molecule has 2 heterocycles. The van der Waals surface area contributed by atoms with Gasteiger partial charge in [-0.25, -0.2) is 4.99 Å². The molecule has 2 amide bonds. The van der Waals surface area contributed by atoms with Gasteiger partial charge in [-0.15, -0.1) is 0 Å². The van der Waals surface area contributed by atoms with E-state index in [1.807, 2.05) is 28.0 Å². The van der Waals surface area contributed by atoms with Gasteiger partial charge in [0.25, 0.3) is 5.91 Å². The van der Waals surface area contributed by atoms with Crippen molar-refractivity contribution in [2.24, 2.45) is 10.9 Å². The molecule has 0 spiro atoms. The molecule has 32 heavy (non-hydrogen) atoms. The second kappa shape index (κ2) is 10.3. The summed E-state index contributed by atoms with van der Waals surface area (Å²) < 4.78 is 6.01. The minimum atomic E-state index is -0.0845. The number of ether oxygens (including phenoxy) is 1. The molecule has 1 aromatic carbocycles. The Hall–Kier alpha value is -2.61. The maximum Gasteiger partial charge on any atom is 0.260 e. The number of benzene rings is 1. The normalized spacial score (nSPS) is 19.0. The van der Waals surface area contributed by atoms with Crippen molar-refractivity contribution in [2.45, 2.75) is 64.5 Å². The highest BCUT2D eigenvalue weighted by Gasteiger charge is 2.32. The Morgan fingerprint density at radius 2 is 2.12 bits per heavy atom. The van der Waals surface area contributed by atoms with Crippen LogP contribution in [0.15, 0.2) is 23.2 Å². The van der Waals surface area contributed by atoms with Gasteiger partial charge >= 0.3 is 0 Å². The zero-order valence-electron chi connectivity index (χ0n) is 18.9. The van der Waals surface area contributed by atoms with Gasteiger partial charge in [0.05, 0.1) is 18.8 Å². The molecule has 0 aromatic heterocycles. The van der Waals surface area contributed by atoms with Crippen molar-refractivity contribution in [3.8, 4) is 5.75 Å². The summed E-state index contributed by atoms with van der Waals surface area (Å²) in [6.45, 7) is 3.15. The Kier molecular flexibility index (Phi) is 7.29. The summed E-state index contributed by atoms with van der Waals surface area (Å²) in [7, 11) is 0. The summed E-state index contributed by atoms with van der Waals surface area (Å²) >= 11 is 0. The SMILES string of the molecule is CCCC(C1CCCCC1)N(CCO)C(=O)COc1cccc2c1CN1CC(=O)NC1=N2. The van der Waals surface area contributed by atoms with Crippen LogP contribution in [-0.2, 0) is 16.1 Å². The van der Waals surface area contributed by atoms with Crippen molar-refractivity contribution in [3.63, 3.8) is 0 Å². The lowest BCUT2D eigenvalue weighted by Gasteiger charge is -2.38. The zero-order valence-corrected chi connectivity index (χ0v) is 18.9. The van der Waals surface area contributed by atoms with Crippen molar-refractivity contribution in [1.29, 1.82) is 0 Å². The van der Waals surface area contributed by atoms with E-state index in [1.165, 1.54) is 19.3 Å². The molecule has 8 heteroatoms. The van der Waals surface area contributed by atoms with Crippen LogP contribution >= 0.6 is 0 Å². The topological polar surface area (TPSA) is 94.5 Å². The minimum absolute atomic E-state index is 0.0487. The molecule has 3 aliphatic rings. The van der Waals surface area contributed by atoms with E-state index in [0.29, 0.717) is 30.7 Å². The van der Waals surface area contributed by atoms with Crippen LogP contribution in [0.1, 0.15) is 57.4 Å². The molecule has 0 bridgehead atoms. The quantitative estimate of drug-likeness (QED) is 0.613. The molecule has 2 N–H and O–H groups in total. The first-order chi connectivity index (χ1) is 15.6. The van der Waals surface area contributed by atoms with Crippen molar-refractivity contribution in [2.75, 3.05) is 26.3 Å². The van der Waals surface area contributed by atoms with E-state index < -0.39 is 0 Å². The maximum atomic E-state index is 13.3. The predicted molar refractivity (Wildman–Crippen MR) is 122 cm³/mol. The van der Waals surface area contributed by atoms with E-state index in [4.69, 9.17) is 4.74 Å². The fraction of sp³-hybridized carbons (Fsp3) is 0.625. The second-order valence-electron chi connectivity index (χ2n) is 8.95. The molecule has 0 radical (unpaired) electrons. The molecular weight excluding hydrogens is 408 g/mol. The Morgan fingerprint density at radius 3 is 2.88 bits per heavy atom. The molecule has 1 saturated carbocycles. The van der Waals surface area contributed by atoms with Crippen LogP contribution < -0.4 is 10.1 Å². The third kappa shape index (κ3) is 4.90. The third-order valence-electron chi connectivity index (χ3n) is 6.76. The van der Waals surface area contributed by atoms with Crippen molar-refractivity contribution < 1.29 is 19.4 Å². The molecule has 2 fully saturated rings. The number of aliphatic hydroxyl groups is 1. The lowest BCUT2D eigenvalue weighted by Crippen LogP contribution is -2.48. The highest BCUT2D eigenvalue weighted by atomic mass is 16.5. The third-order valence-corrected chi connectivity index (χ3v) is 6.76. The molecule has 1 atom stereocenters. The van der Waals surface area contributed by atoms with Gasteiger partial charge in [0.1, 0.15) is 12.3 Å². The predicted octanol–water partition coefficient (Wildman–Crippen LogP) is 2.57. The smallest absolute Gasteiger partial charge is 0.260 e. The van der Waals surface area contributed by atoms with Gasteiger partial charge in [-0.3, -0.25) is 14.9 Å². The number of amides is 2. The molecule has 1 saturated heterocycles. The van der Waals surface area contributed by atoms with Gasteiger partial charge in [-0.2, -0.15) is 0 Å². The van der Waals surface area contributed by atoms with Crippen molar-refractivity contribution >= 4 is 23.5 Å². The van der Waals surface area contributed by atoms with Gasteiger partial charge in [-0.05, 0) is 37.3 Å². The maximum absolute atomic E-state index is 13.3. The van der Waals surface area contributed by atoms with Crippen LogP contribution in [0.3, 0.4) is 0 Å². The number of carbonyl (C=O) groups is 2. The first kappa shape index (κ1) is 22.6. The fourth-order valence-corrected chi connectivity index (χ4v) is 5.25. The van der Waals surface area contributed by atoms with E-state index in [9.17, 15) is 14.7 Å². The van der Waals surface area contributed by atoms with Gasteiger partial charge in [0.15, 0.2) is 6.61 Å². The number of fused-ring (bicyclic) bond motifs is 2. The molecule has 1 aromatic rings. The second-order valence-corrected chi connectivity index (χ2v) is 8.95. The Bertz CT molecular complexity index is 866. The minimum Gasteiger partial charge on any atom is -0.483 e. The number of guanidine groups is 1. The van der Waals surface area contributed by atoms with Crippen LogP contribution in [-0.4, -0.2) is 65.0 Å². The number of carbonyl (C=O) groups excluding carboxylic acids is 2. The number of nitrogens with one attached hydrogen (secondary N) is 1. The highest BCUT2D eigenvalue weighted by Crippen LogP contribution is 2.35. The van der Waals surface area contributed by atoms with Crippen LogP contribution in [0.5, 0.6) is 5.75 Å². The van der Waals surface area contributed by atoms with Crippen LogP contribution in [0.4, 0.5) is 5.69 Å². The molecule has 1 aliphatic carbocycles. The first-order valence-electron chi connectivity index (χ1n) is 11.9. The average Bonchev–Trinajstić information content (AvgIpc) is 3.17. The lowest BCUT2D eigenvalue weighted by molar-refractivity contribution is -0.138.